The van der Waals surface area contributed by atoms with Crippen LogP contribution in [0.2, 0.25) is 0 Å². The number of ether oxygens (including phenoxy) is 2. The van der Waals surface area contributed by atoms with Crippen LogP contribution >= 0.6 is 0 Å². The van der Waals surface area contributed by atoms with E-state index in [1.54, 1.807) is 19.2 Å². The SMILES string of the molecule is CCOc1cccc(/C=N/O)c1OC. The molecule has 0 aliphatic heterocycles. The largest absolute Gasteiger partial charge is 0.492 e. The standard InChI is InChI=1S/C10H13NO3/c1-3-14-9-6-4-5-8(7-11-12)10(9)13-2/h4-7,12H,3H2,1-2H3/b11-7+. The van der Waals surface area contributed by atoms with Gasteiger partial charge in [-0.15, -0.1) is 0 Å². The lowest BCUT2D eigenvalue weighted by Crippen LogP contribution is -1.98. The van der Waals surface area contributed by atoms with Crippen LogP contribution < -0.4 is 9.47 Å². The van der Waals surface area contributed by atoms with Crippen LogP contribution in [0.15, 0.2) is 23.4 Å². The number of hydrogen-bond donors (Lipinski definition) is 1. The zero-order valence-electron chi connectivity index (χ0n) is 8.23. The maximum atomic E-state index is 8.43. The average molecular weight is 195 g/mol. The molecule has 76 valence electrons. The van der Waals surface area contributed by atoms with Gasteiger partial charge in [0, 0.05) is 5.56 Å². The Hall–Kier alpha value is -1.71. The van der Waals surface area contributed by atoms with E-state index in [-0.39, 0.29) is 0 Å². The summed E-state index contributed by atoms with van der Waals surface area (Å²) in [6.45, 7) is 2.46. The van der Waals surface area contributed by atoms with Gasteiger partial charge in [0.2, 0.25) is 0 Å². The van der Waals surface area contributed by atoms with E-state index in [9.17, 15) is 0 Å². The molecule has 1 N–H and O–H groups in total. The van der Waals surface area contributed by atoms with Gasteiger partial charge in [-0.25, -0.2) is 0 Å². The molecule has 1 rings (SSSR count). The van der Waals surface area contributed by atoms with Crippen molar-refractivity contribution in [2.24, 2.45) is 5.16 Å². The van der Waals surface area contributed by atoms with E-state index in [0.717, 1.165) is 0 Å². The topological polar surface area (TPSA) is 51.0 Å². The lowest BCUT2D eigenvalue weighted by Gasteiger charge is -2.10. The van der Waals surface area contributed by atoms with Gasteiger partial charge in [0.05, 0.1) is 19.9 Å². The van der Waals surface area contributed by atoms with Crippen LogP contribution in [-0.4, -0.2) is 25.1 Å². The summed E-state index contributed by atoms with van der Waals surface area (Å²) >= 11 is 0. The first-order valence-electron chi connectivity index (χ1n) is 4.30. The molecule has 4 heteroatoms. The van der Waals surface area contributed by atoms with Gasteiger partial charge in [-0.05, 0) is 19.1 Å². The molecular formula is C10H13NO3. The summed E-state index contributed by atoms with van der Waals surface area (Å²) in [6.07, 6.45) is 1.31. The number of oxime groups is 1. The van der Waals surface area contributed by atoms with Crippen molar-refractivity contribution in [2.45, 2.75) is 6.92 Å². The Kier molecular flexibility index (Phi) is 3.79. The first kappa shape index (κ1) is 10.4. The minimum atomic E-state index is 0.566. The van der Waals surface area contributed by atoms with E-state index in [1.807, 2.05) is 13.0 Å². The molecule has 14 heavy (non-hydrogen) atoms. The summed E-state index contributed by atoms with van der Waals surface area (Å²) in [4.78, 5) is 0. The molecular weight excluding hydrogens is 182 g/mol. The Morgan fingerprint density at radius 2 is 2.29 bits per heavy atom. The predicted octanol–water partition coefficient (Wildman–Crippen LogP) is 1.90. The summed E-state index contributed by atoms with van der Waals surface area (Å²) < 4.78 is 10.5. The van der Waals surface area contributed by atoms with Crippen molar-refractivity contribution in [2.75, 3.05) is 13.7 Å². The Morgan fingerprint density at radius 3 is 2.86 bits per heavy atom. The highest BCUT2D eigenvalue weighted by molar-refractivity contribution is 5.84. The third-order valence-electron chi connectivity index (χ3n) is 1.71. The zero-order valence-corrected chi connectivity index (χ0v) is 8.23. The van der Waals surface area contributed by atoms with E-state index in [2.05, 4.69) is 5.16 Å². The van der Waals surface area contributed by atoms with Crippen molar-refractivity contribution < 1.29 is 14.7 Å². The van der Waals surface area contributed by atoms with Crippen LogP contribution in [0.5, 0.6) is 11.5 Å². The quantitative estimate of drug-likeness (QED) is 0.453. The molecule has 0 atom stereocenters. The molecule has 0 aromatic heterocycles. The van der Waals surface area contributed by atoms with Crippen molar-refractivity contribution in [3.63, 3.8) is 0 Å². The fourth-order valence-corrected chi connectivity index (χ4v) is 1.18. The third-order valence-corrected chi connectivity index (χ3v) is 1.71. The molecule has 0 bridgehead atoms. The van der Waals surface area contributed by atoms with Crippen molar-refractivity contribution in [3.05, 3.63) is 23.8 Å². The van der Waals surface area contributed by atoms with Gasteiger partial charge in [0.25, 0.3) is 0 Å². The van der Waals surface area contributed by atoms with E-state index in [0.29, 0.717) is 23.7 Å². The normalized spacial score (nSPS) is 10.4. The lowest BCUT2D eigenvalue weighted by molar-refractivity contribution is 0.309. The zero-order chi connectivity index (χ0) is 10.4. The van der Waals surface area contributed by atoms with Gasteiger partial charge in [-0.3, -0.25) is 0 Å². The monoisotopic (exact) mass is 195 g/mol. The molecule has 0 spiro atoms. The maximum Gasteiger partial charge on any atom is 0.169 e. The Morgan fingerprint density at radius 1 is 1.50 bits per heavy atom. The van der Waals surface area contributed by atoms with E-state index >= 15 is 0 Å². The first-order valence-corrected chi connectivity index (χ1v) is 4.30. The highest BCUT2D eigenvalue weighted by atomic mass is 16.5. The Labute approximate surface area is 82.8 Å². The maximum absolute atomic E-state index is 8.43. The number of rotatable bonds is 4. The summed E-state index contributed by atoms with van der Waals surface area (Å²) in [7, 11) is 1.55. The van der Waals surface area contributed by atoms with Gasteiger partial charge in [-0.2, -0.15) is 0 Å². The molecule has 0 fully saturated rings. The van der Waals surface area contributed by atoms with Gasteiger partial charge in [0.15, 0.2) is 11.5 Å². The molecule has 0 unspecified atom stereocenters. The number of methoxy groups -OCH3 is 1. The van der Waals surface area contributed by atoms with Crippen LogP contribution in [0.4, 0.5) is 0 Å². The molecule has 4 nitrogen and oxygen atoms in total. The van der Waals surface area contributed by atoms with Gasteiger partial charge in [-0.1, -0.05) is 11.2 Å². The van der Waals surface area contributed by atoms with Crippen molar-refractivity contribution >= 4 is 6.21 Å². The fraction of sp³-hybridized carbons (Fsp3) is 0.300. The second-order valence-corrected chi connectivity index (χ2v) is 2.56. The van der Waals surface area contributed by atoms with Gasteiger partial charge >= 0.3 is 0 Å². The summed E-state index contributed by atoms with van der Waals surface area (Å²) in [5.74, 6) is 1.22. The summed E-state index contributed by atoms with van der Waals surface area (Å²) in [6, 6.07) is 5.39. The Balaban J connectivity index is 3.10. The van der Waals surface area contributed by atoms with Crippen molar-refractivity contribution in [3.8, 4) is 11.5 Å². The fourth-order valence-electron chi connectivity index (χ4n) is 1.18. The molecule has 0 aliphatic carbocycles. The van der Waals surface area contributed by atoms with Crippen LogP contribution in [0.25, 0.3) is 0 Å². The molecule has 0 aliphatic rings. The second kappa shape index (κ2) is 5.11. The smallest absolute Gasteiger partial charge is 0.169 e. The average Bonchev–Trinajstić information content (AvgIpc) is 2.19. The number of benzene rings is 1. The van der Waals surface area contributed by atoms with Crippen molar-refractivity contribution in [1.82, 2.24) is 0 Å². The van der Waals surface area contributed by atoms with Crippen molar-refractivity contribution in [1.29, 1.82) is 0 Å². The lowest BCUT2D eigenvalue weighted by atomic mass is 10.2. The molecule has 0 radical (unpaired) electrons. The van der Waals surface area contributed by atoms with E-state index < -0.39 is 0 Å². The molecule has 0 heterocycles. The van der Waals surface area contributed by atoms with E-state index in [4.69, 9.17) is 14.7 Å². The van der Waals surface area contributed by atoms with Gasteiger partial charge in [0.1, 0.15) is 0 Å². The molecule has 0 saturated heterocycles. The first-order chi connectivity index (χ1) is 6.83. The summed E-state index contributed by atoms with van der Waals surface area (Å²) in [5.41, 5.74) is 0.681. The highest BCUT2D eigenvalue weighted by Gasteiger charge is 2.07. The number of hydrogen-bond acceptors (Lipinski definition) is 4. The minimum absolute atomic E-state index is 0.566. The van der Waals surface area contributed by atoms with Crippen LogP contribution in [0.3, 0.4) is 0 Å². The van der Waals surface area contributed by atoms with Gasteiger partial charge < -0.3 is 14.7 Å². The number of para-hydroxylation sites is 1. The highest BCUT2D eigenvalue weighted by Crippen LogP contribution is 2.29. The number of nitrogens with zero attached hydrogens (tertiary/aromatic N) is 1. The minimum Gasteiger partial charge on any atom is -0.492 e. The van der Waals surface area contributed by atoms with Crippen LogP contribution in [0, 0.1) is 0 Å². The molecule has 1 aromatic carbocycles. The van der Waals surface area contributed by atoms with E-state index in [1.165, 1.54) is 6.21 Å². The van der Waals surface area contributed by atoms with Crippen LogP contribution in [-0.2, 0) is 0 Å². The predicted molar refractivity (Wildman–Crippen MR) is 53.5 cm³/mol. The molecule has 0 amide bonds. The molecule has 1 aromatic rings. The second-order valence-electron chi connectivity index (χ2n) is 2.56. The Bertz CT molecular complexity index is 323. The third kappa shape index (κ3) is 2.16. The van der Waals surface area contributed by atoms with Crippen LogP contribution in [0.1, 0.15) is 12.5 Å². The summed E-state index contributed by atoms with van der Waals surface area (Å²) in [5, 5.41) is 11.4. The molecule has 0 saturated carbocycles.